The van der Waals surface area contributed by atoms with Gasteiger partial charge in [0.25, 0.3) is 0 Å². The highest BCUT2D eigenvalue weighted by molar-refractivity contribution is 5.44. The van der Waals surface area contributed by atoms with Crippen LogP contribution in [0.5, 0.6) is 0 Å². The van der Waals surface area contributed by atoms with E-state index in [1.165, 1.54) is 32.1 Å². The molecule has 1 aliphatic carbocycles. The molecule has 1 saturated heterocycles. The van der Waals surface area contributed by atoms with Gasteiger partial charge in [-0.25, -0.2) is 0 Å². The van der Waals surface area contributed by atoms with Gasteiger partial charge in [-0.1, -0.05) is 6.92 Å². The molecule has 0 aromatic carbocycles. The van der Waals surface area contributed by atoms with Crippen LogP contribution < -0.4 is 15.5 Å². The SMILES string of the molecule is CCNc1nc(NCC2(CC)CC2)nc(N2CCCC2)n1. The third-order valence-electron chi connectivity index (χ3n) is 4.68. The average Bonchev–Trinajstić information content (AvgIpc) is 3.07. The van der Waals surface area contributed by atoms with E-state index in [4.69, 9.17) is 0 Å². The van der Waals surface area contributed by atoms with Crippen molar-refractivity contribution in [3.8, 4) is 0 Å². The molecular formula is C15H26N6. The second kappa shape index (κ2) is 6.03. The smallest absolute Gasteiger partial charge is 0.231 e. The first-order valence-corrected chi connectivity index (χ1v) is 8.23. The molecule has 2 heterocycles. The predicted octanol–water partition coefficient (Wildman–Crippen LogP) is 2.51. The number of hydrogen-bond acceptors (Lipinski definition) is 6. The third kappa shape index (κ3) is 3.36. The fraction of sp³-hybridized carbons (Fsp3) is 0.800. The van der Waals surface area contributed by atoms with Crippen LogP contribution >= 0.6 is 0 Å². The summed E-state index contributed by atoms with van der Waals surface area (Å²) in [7, 11) is 0. The van der Waals surface area contributed by atoms with Gasteiger partial charge in [-0.15, -0.1) is 0 Å². The molecule has 1 saturated carbocycles. The zero-order chi connectivity index (χ0) is 14.7. The second-order valence-electron chi connectivity index (χ2n) is 6.21. The molecular weight excluding hydrogens is 264 g/mol. The molecule has 1 aromatic heterocycles. The van der Waals surface area contributed by atoms with Crippen molar-refractivity contribution in [2.24, 2.45) is 5.41 Å². The van der Waals surface area contributed by atoms with Gasteiger partial charge >= 0.3 is 0 Å². The largest absolute Gasteiger partial charge is 0.354 e. The van der Waals surface area contributed by atoms with E-state index in [2.05, 4.69) is 44.3 Å². The van der Waals surface area contributed by atoms with Crippen molar-refractivity contribution < 1.29 is 0 Å². The lowest BCUT2D eigenvalue weighted by Gasteiger charge is -2.18. The first kappa shape index (κ1) is 14.4. The van der Waals surface area contributed by atoms with E-state index in [-0.39, 0.29) is 0 Å². The molecule has 0 amide bonds. The van der Waals surface area contributed by atoms with Crippen LogP contribution in [-0.4, -0.2) is 41.1 Å². The number of nitrogens with zero attached hydrogens (tertiary/aromatic N) is 4. The number of anilines is 3. The summed E-state index contributed by atoms with van der Waals surface area (Å²) in [5.74, 6) is 2.20. The maximum atomic E-state index is 4.62. The minimum atomic E-state index is 0.485. The maximum absolute atomic E-state index is 4.62. The Hall–Kier alpha value is -1.59. The zero-order valence-electron chi connectivity index (χ0n) is 13.2. The molecule has 6 heteroatoms. The maximum Gasteiger partial charge on any atom is 0.231 e. The van der Waals surface area contributed by atoms with Crippen molar-refractivity contribution in [3.05, 3.63) is 0 Å². The van der Waals surface area contributed by atoms with Crippen LogP contribution in [0.2, 0.25) is 0 Å². The van der Waals surface area contributed by atoms with E-state index in [0.29, 0.717) is 17.3 Å². The van der Waals surface area contributed by atoms with Crippen LogP contribution in [-0.2, 0) is 0 Å². The van der Waals surface area contributed by atoms with Crippen molar-refractivity contribution >= 4 is 17.8 Å². The molecule has 0 bridgehead atoms. The summed E-state index contributed by atoms with van der Waals surface area (Å²) in [6.45, 7) is 8.21. The van der Waals surface area contributed by atoms with E-state index in [9.17, 15) is 0 Å². The Labute approximate surface area is 126 Å². The van der Waals surface area contributed by atoms with Crippen molar-refractivity contribution in [1.29, 1.82) is 0 Å². The van der Waals surface area contributed by atoms with Crippen LogP contribution in [0, 0.1) is 5.41 Å². The summed E-state index contributed by atoms with van der Waals surface area (Å²) >= 11 is 0. The Kier molecular flexibility index (Phi) is 4.12. The Morgan fingerprint density at radius 2 is 1.67 bits per heavy atom. The van der Waals surface area contributed by atoms with Gasteiger partial charge in [0.2, 0.25) is 17.8 Å². The topological polar surface area (TPSA) is 66.0 Å². The number of hydrogen-bond donors (Lipinski definition) is 2. The summed E-state index contributed by atoms with van der Waals surface area (Å²) in [4.78, 5) is 15.9. The summed E-state index contributed by atoms with van der Waals surface area (Å²) in [6.07, 6.45) is 6.32. The van der Waals surface area contributed by atoms with E-state index in [1.54, 1.807) is 0 Å². The summed E-state index contributed by atoms with van der Waals surface area (Å²) < 4.78 is 0. The van der Waals surface area contributed by atoms with Gasteiger partial charge in [-0.2, -0.15) is 15.0 Å². The van der Waals surface area contributed by atoms with Crippen LogP contribution in [0.4, 0.5) is 17.8 Å². The van der Waals surface area contributed by atoms with Crippen LogP contribution in [0.15, 0.2) is 0 Å². The van der Waals surface area contributed by atoms with Gasteiger partial charge in [-0.3, -0.25) is 0 Å². The molecule has 3 rings (SSSR count). The molecule has 6 nitrogen and oxygen atoms in total. The number of nitrogens with one attached hydrogen (secondary N) is 2. The quantitative estimate of drug-likeness (QED) is 0.804. The van der Waals surface area contributed by atoms with Gasteiger partial charge in [0.15, 0.2) is 0 Å². The van der Waals surface area contributed by atoms with Gasteiger partial charge in [-0.05, 0) is 44.4 Å². The summed E-state index contributed by atoms with van der Waals surface area (Å²) in [5, 5.41) is 6.64. The minimum absolute atomic E-state index is 0.485. The van der Waals surface area contributed by atoms with Crippen molar-refractivity contribution in [2.45, 2.75) is 46.0 Å². The lowest BCUT2D eigenvalue weighted by molar-refractivity contribution is 0.519. The van der Waals surface area contributed by atoms with Crippen molar-refractivity contribution in [2.75, 3.05) is 41.7 Å². The first-order valence-electron chi connectivity index (χ1n) is 8.23. The lowest BCUT2D eigenvalue weighted by Crippen LogP contribution is -2.23. The Balaban J connectivity index is 1.74. The van der Waals surface area contributed by atoms with E-state index in [0.717, 1.165) is 32.1 Å². The highest BCUT2D eigenvalue weighted by Gasteiger charge is 2.40. The van der Waals surface area contributed by atoms with Gasteiger partial charge in [0.05, 0.1) is 0 Å². The highest BCUT2D eigenvalue weighted by atomic mass is 15.3. The van der Waals surface area contributed by atoms with Gasteiger partial charge in [0, 0.05) is 26.2 Å². The number of rotatable bonds is 7. The molecule has 2 aliphatic rings. The zero-order valence-corrected chi connectivity index (χ0v) is 13.2. The fourth-order valence-corrected chi connectivity index (χ4v) is 2.84. The summed E-state index contributed by atoms with van der Waals surface area (Å²) in [5.41, 5.74) is 0.485. The van der Waals surface area contributed by atoms with Crippen molar-refractivity contribution in [3.63, 3.8) is 0 Å². The second-order valence-corrected chi connectivity index (χ2v) is 6.21. The van der Waals surface area contributed by atoms with Gasteiger partial charge in [0.1, 0.15) is 0 Å². The highest BCUT2D eigenvalue weighted by Crippen LogP contribution is 2.48. The van der Waals surface area contributed by atoms with Gasteiger partial charge < -0.3 is 15.5 Å². The predicted molar refractivity (Wildman–Crippen MR) is 85.9 cm³/mol. The fourth-order valence-electron chi connectivity index (χ4n) is 2.84. The first-order chi connectivity index (χ1) is 10.2. The molecule has 21 heavy (non-hydrogen) atoms. The van der Waals surface area contributed by atoms with Crippen LogP contribution in [0.1, 0.15) is 46.0 Å². The molecule has 0 radical (unpaired) electrons. The molecule has 0 spiro atoms. The minimum Gasteiger partial charge on any atom is -0.354 e. The van der Waals surface area contributed by atoms with Crippen LogP contribution in [0.25, 0.3) is 0 Å². The molecule has 2 fully saturated rings. The monoisotopic (exact) mass is 290 g/mol. The Bertz CT molecular complexity index is 479. The van der Waals surface area contributed by atoms with E-state index < -0.39 is 0 Å². The van der Waals surface area contributed by atoms with Crippen molar-refractivity contribution in [1.82, 2.24) is 15.0 Å². The summed E-state index contributed by atoms with van der Waals surface area (Å²) in [6, 6.07) is 0. The molecule has 1 aliphatic heterocycles. The molecule has 0 unspecified atom stereocenters. The molecule has 2 N–H and O–H groups in total. The molecule has 1 aromatic rings. The standard InChI is InChI=1S/C15H26N6/c1-3-15(7-8-15)11-17-13-18-12(16-4-2)19-14(20-13)21-9-5-6-10-21/h3-11H2,1-2H3,(H2,16,17,18,19,20). The Morgan fingerprint density at radius 3 is 2.24 bits per heavy atom. The molecule has 0 atom stereocenters. The normalized spacial score (nSPS) is 19.6. The van der Waals surface area contributed by atoms with E-state index in [1.807, 2.05) is 0 Å². The average molecular weight is 290 g/mol. The Morgan fingerprint density at radius 1 is 1.00 bits per heavy atom. The number of aromatic nitrogens is 3. The third-order valence-corrected chi connectivity index (χ3v) is 4.68. The van der Waals surface area contributed by atoms with Crippen LogP contribution in [0.3, 0.4) is 0 Å². The molecule has 116 valence electrons. The van der Waals surface area contributed by atoms with E-state index >= 15 is 0 Å². The lowest BCUT2D eigenvalue weighted by atomic mass is 10.0.